The molecule has 0 fully saturated rings. The summed E-state index contributed by atoms with van der Waals surface area (Å²) < 4.78 is 18.6. The Morgan fingerprint density at radius 1 is 1.42 bits per heavy atom. The van der Waals surface area contributed by atoms with Crippen LogP contribution in [-0.2, 0) is 4.79 Å². The number of rotatable bonds is 6. The fourth-order valence-corrected chi connectivity index (χ4v) is 1.65. The van der Waals surface area contributed by atoms with Crippen molar-refractivity contribution < 1.29 is 13.9 Å². The summed E-state index contributed by atoms with van der Waals surface area (Å²) in [4.78, 5) is 11.4. The first-order valence-corrected chi connectivity index (χ1v) is 6.37. The molecule has 0 spiro atoms. The summed E-state index contributed by atoms with van der Waals surface area (Å²) in [6.45, 7) is 5.79. The lowest BCUT2D eigenvalue weighted by atomic mass is 10.1. The lowest BCUT2D eigenvalue weighted by Gasteiger charge is -2.14. The van der Waals surface area contributed by atoms with E-state index in [2.05, 4.69) is 5.32 Å². The lowest BCUT2D eigenvalue weighted by molar-refractivity contribution is -0.122. The highest BCUT2D eigenvalue weighted by Crippen LogP contribution is 2.24. The van der Waals surface area contributed by atoms with E-state index < -0.39 is 0 Å². The second kappa shape index (κ2) is 7.09. The van der Waals surface area contributed by atoms with Gasteiger partial charge in [-0.25, -0.2) is 4.39 Å². The van der Waals surface area contributed by atoms with Gasteiger partial charge in [0.05, 0.1) is 13.0 Å². The number of nitrogens with one attached hydrogen (secondary N) is 1. The third-order valence-corrected chi connectivity index (χ3v) is 2.50. The Bertz CT molecular complexity index is 433. The monoisotopic (exact) mass is 268 g/mol. The highest BCUT2D eigenvalue weighted by atomic mass is 19.1. The molecule has 4 nitrogen and oxygen atoms in total. The Hall–Kier alpha value is -1.62. The molecule has 0 bridgehead atoms. The molecule has 0 aromatic heterocycles. The van der Waals surface area contributed by atoms with Crippen molar-refractivity contribution in [2.24, 2.45) is 5.73 Å². The second-order valence-electron chi connectivity index (χ2n) is 4.79. The van der Waals surface area contributed by atoms with E-state index in [1.54, 1.807) is 6.92 Å². The van der Waals surface area contributed by atoms with Gasteiger partial charge in [-0.15, -0.1) is 0 Å². The van der Waals surface area contributed by atoms with Gasteiger partial charge >= 0.3 is 0 Å². The fourth-order valence-electron chi connectivity index (χ4n) is 1.65. The maximum atomic E-state index is 13.1. The first-order valence-electron chi connectivity index (χ1n) is 6.37. The summed E-state index contributed by atoms with van der Waals surface area (Å²) in [5.74, 6) is 0.102. The summed E-state index contributed by atoms with van der Waals surface area (Å²) >= 11 is 0. The van der Waals surface area contributed by atoms with Crippen molar-refractivity contribution in [3.63, 3.8) is 0 Å². The van der Waals surface area contributed by atoms with Gasteiger partial charge in [0.1, 0.15) is 11.6 Å². The molecule has 19 heavy (non-hydrogen) atoms. The zero-order valence-electron chi connectivity index (χ0n) is 11.6. The van der Waals surface area contributed by atoms with Gasteiger partial charge in [0.2, 0.25) is 5.91 Å². The molecule has 0 aliphatic heterocycles. The van der Waals surface area contributed by atoms with Crippen LogP contribution in [0.5, 0.6) is 5.75 Å². The van der Waals surface area contributed by atoms with Gasteiger partial charge in [-0.1, -0.05) is 0 Å². The smallest absolute Gasteiger partial charge is 0.223 e. The van der Waals surface area contributed by atoms with Crippen LogP contribution < -0.4 is 15.8 Å². The molecule has 1 atom stereocenters. The van der Waals surface area contributed by atoms with Crippen molar-refractivity contribution in [1.29, 1.82) is 0 Å². The quantitative estimate of drug-likeness (QED) is 0.830. The molecule has 0 aliphatic carbocycles. The van der Waals surface area contributed by atoms with E-state index in [1.165, 1.54) is 18.2 Å². The molecule has 1 rings (SSSR count). The molecular weight excluding hydrogens is 247 g/mol. The molecule has 3 N–H and O–H groups in total. The topological polar surface area (TPSA) is 64.3 Å². The van der Waals surface area contributed by atoms with Crippen LogP contribution in [0.25, 0.3) is 0 Å². The van der Waals surface area contributed by atoms with Crippen molar-refractivity contribution in [3.8, 4) is 5.75 Å². The third-order valence-electron chi connectivity index (χ3n) is 2.50. The van der Waals surface area contributed by atoms with Crippen LogP contribution in [-0.4, -0.2) is 18.6 Å². The van der Waals surface area contributed by atoms with E-state index in [9.17, 15) is 9.18 Å². The lowest BCUT2D eigenvalue weighted by Crippen LogP contribution is -2.31. The normalized spacial score (nSPS) is 12.3. The van der Waals surface area contributed by atoms with Crippen molar-refractivity contribution in [2.45, 2.75) is 39.3 Å². The summed E-state index contributed by atoms with van der Waals surface area (Å²) in [5, 5.41) is 2.77. The minimum atomic E-state index is -0.350. The first-order chi connectivity index (χ1) is 8.90. The number of ether oxygens (including phenoxy) is 1. The SMILES string of the molecule is CC(C)NC(=O)CCOc1ccc(F)cc1[C@@H](C)N. The molecular formula is C14H21FN2O2. The van der Waals surface area contributed by atoms with Crippen LogP contribution >= 0.6 is 0 Å². The molecule has 1 aromatic carbocycles. The van der Waals surface area contributed by atoms with Gasteiger partial charge in [0.25, 0.3) is 0 Å². The summed E-state index contributed by atoms with van der Waals surface area (Å²) in [7, 11) is 0. The maximum absolute atomic E-state index is 13.1. The number of benzene rings is 1. The minimum absolute atomic E-state index is 0.0699. The van der Waals surface area contributed by atoms with Crippen molar-refractivity contribution in [2.75, 3.05) is 6.61 Å². The number of carbonyl (C=O) groups is 1. The molecule has 0 heterocycles. The highest BCUT2D eigenvalue weighted by Gasteiger charge is 2.10. The second-order valence-corrected chi connectivity index (χ2v) is 4.79. The van der Waals surface area contributed by atoms with E-state index >= 15 is 0 Å². The Morgan fingerprint density at radius 2 is 2.11 bits per heavy atom. The zero-order chi connectivity index (χ0) is 14.4. The van der Waals surface area contributed by atoms with Crippen LogP contribution in [0.15, 0.2) is 18.2 Å². The Labute approximate surface area is 113 Å². The van der Waals surface area contributed by atoms with Crippen LogP contribution in [0, 0.1) is 5.82 Å². The van der Waals surface area contributed by atoms with E-state index in [1.807, 2.05) is 13.8 Å². The molecule has 0 aliphatic rings. The van der Waals surface area contributed by atoms with Crippen molar-refractivity contribution in [1.82, 2.24) is 5.32 Å². The molecule has 1 amide bonds. The van der Waals surface area contributed by atoms with E-state index in [4.69, 9.17) is 10.5 Å². The van der Waals surface area contributed by atoms with Crippen LogP contribution in [0.2, 0.25) is 0 Å². The summed E-state index contributed by atoms with van der Waals surface area (Å²) in [5.41, 5.74) is 6.36. The Balaban J connectivity index is 2.56. The number of halogens is 1. The first kappa shape index (κ1) is 15.4. The largest absolute Gasteiger partial charge is 0.493 e. The zero-order valence-corrected chi connectivity index (χ0v) is 11.6. The molecule has 0 saturated heterocycles. The molecule has 1 aromatic rings. The number of amides is 1. The summed E-state index contributed by atoms with van der Waals surface area (Å²) in [6, 6.07) is 3.99. The van der Waals surface area contributed by atoms with Crippen LogP contribution in [0.4, 0.5) is 4.39 Å². The van der Waals surface area contributed by atoms with Crippen LogP contribution in [0.1, 0.15) is 38.8 Å². The maximum Gasteiger partial charge on any atom is 0.223 e. The number of carbonyl (C=O) groups excluding carboxylic acids is 1. The molecule has 5 heteroatoms. The van der Waals surface area contributed by atoms with Gasteiger partial charge in [-0.2, -0.15) is 0 Å². The number of hydrogen-bond acceptors (Lipinski definition) is 3. The van der Waals surface area contributed by atoms with E-state index in [0.717, 1.165) is 0 Å². The van der Waals surface area contributed by atoms with Gasteiger partial charge in [-0.3, -0.25) is 4.79 Å². The predicted octanol–water partition coefficient (Wildman–Crippen LogP) is 2.14. The minimum Gasteiger partial charge on any atom is -0.493 e. The van der Waals surface area contributed by atoms with Gasteiger partial charge in [-0.05, 0) is 39.0 Å². The molecule has 0 radical (unpaired) electrons. The number of nitrogens with two attached hydrogens (primary N) is 1. The molecule has 0 unspecified atom stereocenters. The Morgan fingerprint density at radius 3 is 2.68 bits per heavy atom. The van der Waals surface area contributed by atoms with Gasteiger partial charge < -0.3 is 15.8 Å². The van der Waals surface area contributed by atoms with E-state index in [0.29, 0.717) is 11.3 Å². The van der Waals surface area contributed by atoms with E-state index in [-0.39, 0.29) is 36.8 Å². The van der Waals surface area contributed by atoms with Crippen LogP contribution in [0.3, 0.4) is 0 Å². The van der Waals surface area contributed by atoms with Crippen molar-refractivity contribution in [3.05, 3.63) is 29.6 Å². The molecule has 0 saturated carbocycles. The fraction of sp³-hybridized carbons (Fsp3) is 0.500. The predicted molar refractivity (Wildman–Crippen MR) is 72.4 cm³/mol. The standard InChI is InChI=1S/C14H21FN2O2/c1-9(2)17-14(18)6-7-19-13-5-4-11(15)8-12(13)10(3)16/h4-5,8-10H,6-7,16H2,1-3H3,(H,17,18)/t10-/m1/s1. The highest BCUT2D eigenvalue weighted by molar-refractivity contribution is 5.76. The van der Waals surface area contributed by atoms with Gasteiger partial charge in [0.15, 0.2) is 0 Å². The number of hydrogen-bond donors (Lipinski definition) is 2. The average molecular weight is 268 g/mol. The Kier molecular flexibility index (Phi) is 5.76. The summed E-state index contributed by atoms with van der Waals surface area (Å²) in [6.07, 6.45) is 0.258. The third kappa shape index (κ3) is 5.26. The van der Waals surface area contributed by atoms with Crippen molar-refractivity contribution >= 4 is 5.91 Å². The van der Waals surface area contributed by atoms with Gasteiger partial charge in [0, 0.05) is 17.6 Å². The molecule has 106 valence electrons. The average Bonchev–Trinajstić information content (AvgIpc) is 2.29.